The van der Waals surface area contributed by atoms with Gasteiger partial charge in [-0.1, -0.05) is 6.07 Å². The van der Waals surface area contributed by atoms with E-state index in [-0.39, 0.29) is 10.5 Å². The summed E-state index contributed by atoms with van der Waals surface area (Å²) in [5.41, 5.74) is 6.58. The largest absolute Gasteiger partial charge is 0.384 e. The fraction of sp³-hybridized carbons (Fsp3) is 0.0769. The molecular weight excluding hydrogens is 276 g/mol. The number of benzene rings is 1. The maximum atomic E-state index is 12.3. The van der Waals surface area contributed by atoms with E-state index in [9.17, 15) is 8.42 Å². The van der Waals surface area contributed by atoms with Crippen molar-refractivity contribution in [2.75, 3.05) is 10.5 Å². The van der Waals surface area contributed by atoms with Crippen molar-refractivity contribution in [2.24, 2.45) is 0 Å². The Morgan fingerprint density at radius 3 is 2.65 bits per heavy atom. The van der Waals surface area contributed by atoms with Crippen molar-refractivity contribution in [3.8, 4) is 6.07 Å². The first-order valence-electron chi connectivity index (χ1n) is 5.67. The quantitative estimate of drug-likeness (QED) is 0.892. The third-order valence-corrected chi connectivity index (χ3v) is 4.17. The molecule has 0 atom stereocenters. The molecule has 6 nitrogen and oxygen atoms in total. The van der Waals surface area contributed by atoms with Crippen LogP contribution in [0.4, 0.5) is 11.5 Å². The lowest BCUT2D eigenvalue weighted by Crippen LogP contribution is -2.14. The zero-order valence-corrected chi connectivity index (χ0v) is 11.5. The van der Waals surface area contributed by atoms with Crippen molar-refractivity contribution >= 4 is 21.5 Å². The van der Waals surface area contributed by atoms with Gasteiger partial charge in [-0.05, 0) is 36.8 Å². The SMILES string of the molecule is Cc1ccc(C#N)cc1S(=O)(=O)Nc1ccc(N)nc1. The van der Waals surface area contributed by atoms with E-state index in [4.69, 9.17) is 11.0 Å². The van der Waals surface area contributed by atoms with Gasteiger partial charge in [-0.2, -0.15) is 5.26 Å². The van der Waals surface area contributed by atoms with E-state index < -0.39 is 10.0 Å². The number of nitrogens with two attached hydrogens (primary N) is 1. The van der Waals surface area contributed by atoms with Gasteiger partial charge in [0.1, 0.15) is 5.82 Å². The standard InChI is InChI=1S/C13H12N4O2S/c1-9-2-3-10(7-14)6-12(9)20(18,19)17-11-4-5-13(15)16-8-11/h2-6,8,17H,1H3,(H2,15,16). The molecule has 2 rings (SSSR count). The number of hydrogen-bond acceptors (Lipinski definition) is 5. The molecule has 2 aromatic rings. The minimum absolute atomic E-state index is 0.0633. The minimum atomic E-state index is -3.77. The second-order valence-corrected chi connectivity index (χ2v) is 5.82. The van der Waals surface area contributed by atoms with Crippen LogP contribution in [-0.2, 0) is 10.0 Å². The number of sulfonamides is 1. The molecule has 0 unspecified atom stereocenters. The Hall–Kier alpha value is -2.59. The third-order valence-electron chi connectivity index (χ3n) is 2.65. The fourth-order valence-electron chi connectivity index (χ4n) is 1.63. The number of nitrogens with zero attached hydrogens (tertiary/aromatic N) is 2. The molecule has 0 saturated carbocycles. The van der Waals surface area contributed by atoms with E-state index in [2.05, 4.69) is 9.71 Å². The summed E-state index contributed by atoms with van der Waals surface area (Å²) in [6.45, 7) is 1.66. The molecule has 1 aromatic heterocycles. The van der Waals surface area contributed by atoms with Crippen molar-refractivity contribution in [3.05, 3.63) is 47.7 Å². The average molecular weight is 288 g/mol. The molecule has 0 amide bonds. The topological polar surface area (TPSA) is 109 Å². The summed E-state index contributed by atoms with van der Waals surface area (Å²) < 4.78 is 27.0. The van der Waals surface area contributed by atoms with Gasteiger partial charge >= 0.3 is 0 Å². The Bertz CT molecular complexity index is 777. The first kappa shape index (κ1) is 13.8. The van der Waals surface area contributed by atoms with Crippen LogP contribution >= 0.6 is 0 Å². The monoisotopic (exact) mass is 288 g/mol. The van der Waals surface area contributed by atoms with Gasteiger partial charge in [0.2, 0.25) is 0 Å². The number of anilines is 2. The summed E-state index contributed by atoms with van der Waals surface area (Å²) in [6.07, 6.45) is 1.33. The van der Waals surface area contributed by atoms with Gasteiger partial charge in [0.15, 0.2) is 0 Å². The van der Waals surface area contributed by atoms with Crippen LogP contribution in [0.3, 0.4) is 0 Å². The number of aryl methyl sites for hydroxylation is 1. The number of hydrogen-bond donors (Lipinski definition) is 2. The van der Waals surface area contributed by atoms with Crippen molar-refractivity contribution in [1.29, 1.82) is 5.26 Å². The fourth-order valence-corrected chi connectivity index (χ4v) is 2.95. The summed E-state index contributed by atoms with van der Waals surface area (Å²) in [7, 11) is -3.77. The Balaban J connectivity index is 2.40. The highest BCUT2D eigenvalue weighted by Crippen LogP contribution is 2.20. The van der Waals surface area contributed by atoms with E-state index in [0.29, 0.717) is 17.1 Å². The van der Waals surface area contributed by atoms with Crippen molar-refractivity contribution in [2.45, 2.75) is 11.8 Å². The minimum Gasteiger partial charge on any atom is -0.384 e. The number of pyridine rings is 1. The summed E-state index contributed by atoms with van der Waals surface area (Å²) in [4.78, 5) is 3.87. The summed E-state index contributed by atoms with van der Waals surface area (Å²) in [5.74, 6) is 0.301. The number of nitriles is 1. The number of nitrogen functional groups attached to an aromatic ring is 1. The second kappa shape index (κ2) is 5.19. The van der Waals surface area contributed by atoms with Crippen LogP contribution in [-0.4, -0.2) is 13.4 Å². The zero-order valence-electron chi connectivity index (χ0n) is 10.7. The van der Waals surface area contributed by atoms with Gasteiger partial charge in [0, 0.05) is 0 Å². The van der Waals surface area contributed by atoms with Gasteiger partial charge in [-0.3, -0.25) is 4.72 Å². The third kappa shape index (κ3) is 2.87. The van der Waals surface area contributed by atoms with Crippen LogP contribution in [0.25, 0.3) is 0 Å². The van der Waals surface area contributed by atoms with E-state index >= 15 is 0 Å². The van der Waals surface area contributed by atoms with Crippen LogP contribution in [0.1, 0.15) is 11.1 Å². The van der Waals surface area contributed by atoms with Gasteiger partial charge in [-0.15, -0.1) is 0 Å². The molecule has 3 N–H and O–H groups in total. The van der Waals surface area contributed by atoms with E-state index in [1.54, 1.807) is 19.1 Å². The lowest BCUT2D eigenvalue weighted by Gasteiger charge is -2.10. The molecule has 0 fully saturated rings. The Morgan fingerprint density at radius 1 is 1.30 bits per heavy atom. The zero-order chi connectivity index (χ0) is 14.8. The van der Waals surface area contributed by atoms with E-state index in [0.717, 1.165) is 0 Å². The Labute approximate surface area is 116 Å². The molecule has 0 radical (unpaired) electrons. The van der Waals surface area contributed by atoms with E-state index in [1.807, 2.05) is 6.07 Å². The molecule has 1 heterocycles. The van der Waals surface area contributed by atoms with E-state index in [1.165, 1.54) is 24.4 Å². The lowest BCUT2D eigenvalue weighted by molar-refractivity contribution is 0.600. The molecule has 1 aromatic carbocycles. The molecule has 0 aliphatic heterocycles. The maximum absolute atomic E-state index is 12.3. The van der Waals surface area contributed by atoms with Gasteiger partial charge < -0.3 is 5.73 Å². The number of nitrogens with one attached hydrogen (secondary N) is 1. The smallest absolute Gasteiger partial charge is 0.262 e. The highest BCUT2D eigenvalue weighted by molar-refractivity contribution is 7.92. The normalized spacial score (nSPS) is 10.8. The first-order valence-corrected chi connectivity index (χ1v) is 7.16. The molecule has 0 aliphatic carbocycles. The van der Waals surface area contributed by atoms with Crippen LogP contribution in [0, 0.1) is 18.3 Å². The van der Waals surface area contributed by atoms with Crippen molar-refractivity contribution < 1.29 is 8.42 Å². The summed E-state index contributed by atoms with van der Waals surface area (Å²) >= 11 is 0. The predicted molar refractivity (Wildman–Crippen MR) is 75.4 cm³/mol. The van der Waals surface area contributed by atoms with Crippen LogP contribution in [0.15, 0.2) is 41.4 Å². The average Bonchev–Trinajstić information content (AvgIpc) is 2.41. The first-order chi connectivity index (χ1) is 9.42. The molecule has 0 saturated heterocycles. The molecule has 20 heavy (non-hydrogen) atoms. The molecule has 0 bridgehead atoms. The van der Waals surface area contributed by atoms with Gasteiger partial charge in [-0.25, -0.2) is 13.4 Å². The Kier molecular flexibility index (Phi) is 3.59. The highest BCUT2D eigenvalue weighted by atomic mass is 32.2. The molecule has 7 heteroatoms. The number of rotatable bonds is 3. The van der Waals surface area contributed by atoms with Crippen LogP contribution in [0.5, 0.6) is 0 Å². The molecule has 0 aliphatic rings. The van der Waals surface area contributed by atoms with Gasteiger partial charge in [0.25, 0.3) is 10.0 Å². The van der Waals surface area contributed by atoms with Crippen LogP contribution < -0.4 is 10.5 Å². The summed E-state index contributed by atoms with van der Waals surface area (Å²) in [6, 6.07) is 9.43. The van der Waals surface area contributed by atoms with Crippen molar-refractivity contribution in [1.82, 2.24) is 4.98 Å². The maximum Gasteiger partial charge on any atom is 0.262 e. The highest BCUT2D eigenvalue weighted by Gasteiger charge is 2.17. The molecule has 102 valence electrons. The van der Waals surface area contributed by atoms with Crippen LogP contribution in [0.2, 0.25) is 0 Å². The predicted octanol–water partition coefficient (Wildman–Crippen LogP) is 1.64. The lowest BCUT2D eigenvalue weighted by atomic mass is 10.2. The molecular formula is C13H12N4O2S. The second-order valence-electron chi connectivity index (χ2n) is 4.17. The summed E-state index contributed by atoms with van der Waals surface area (Å²) in [5, 5.41) is 8.85. The number of aromatic nitrogens is 1. The Morgan fingerprint density at radius 2 is 2.05 bits per heavy atom. The van der Waals surface area contributed by atoms with Crippen molar-refractivity contribution in [3.63, 3.8) is 0 Å². The van der Waals surface area contributed by atoms with Gasteiger partial charge in [0.05, 0.1) is 28.4 Å². The molecule has 0 spiro atoms.